The van der Waals surface area contributed by atoms with Crippen LogP contribution in [0.1, 0.15) is 46.5 Å². The number of rotatable bonds is 8. The summed E-state index contributed by atoms with van der Waals surface area (Å²) in [6.45, 7) is 10.6. The van der Waals surface area contributed by atoms with Crippen LogP contribution in [0.2, 0.25) is 0 Å². The van der Waals surface area contributed by atoms with E-state index < -0.39 is 0 Å². The number of nitrogens with zero attached hydrogens (tertiary/aromatic N) is 1. The molecule has 0 spiro atoms. The van der Waals surface area contributed by atoms with Crippen molar-refractivity contribution < 1.29 is 5.11 Å². The summed E-state index contributed by atoms with van der Waals surface area (Å²) in [5.41, 5.74) is 0. The average Bonchev–Trinajstić information content (AvgIpc) is 2.81. The van der Waals surface area contributed by atoms with Gasteiger partial charge >= 0.3 is 0 Å². The van der Waals surface area contributed by atoms with Crippen LogP contribution in [-0.4, -0.2) is 48.3 Å². The van der Waals surface area contributed by atoms with Crippen LogP contribution in [0.3, 0.4) is 0 Å². The molecular formula is C14H30N2O. The van der Waals surface area contributed by atoms with Gasteiger partial charge in [-0.05, 0) is 38.8 Å². The summed E-state index contributed by atoms with van der Waals surface area (Å²) >= 11 is 0. The first kappa shape index (κ1) is 14.9. The lowest BCUT2D eigenvalue weighted by Crippen LogP contribution is -2.42. The molecule has 17 heavy (non-hydrogen) atoms. The van der Waals surface area contributed by atoms with Gasteiger partial charge in [0.2, 0.25) is 0 Å². The van der Waals surface area contributed by atoms with E-state index in [-0.39, 0.29) is 6.10 Å². The van der Waals surface area contributed by atoms with E-state index in [4.69, 9.17) is 0 Å². The third-order valence-corrected chi connectivity index (χ3v) is 4.10. The quantitative estimate of drug-likeness (QED) is 0.682. The van der Waals surface area contributed by atoms with Crippen molar-refractivity contribution in [3.63, 3.8) is 0 Å². The highest BCUT2D eigenvalue weighted by molar-refractivity contribution is 4.75. The number of aliphatic hydroxyl groups is 1. The average molecular weight is 242 g/mol. The smallest absolute Gasteiger partial charge is 0.0791 e. The second-order valence-corrected chi connectivity index (χ2v) is 5.44. The van der Waals surface area contributed by atoms with Crippen LogP contribution in [0.15, 0.2) is 0 Å². The van der Waals surface area contributed by atoms with Crippen molar-refractivity contribution in [3.05, 3.63) is 0 Å². The minimum Gasteiger partial charge on any atom is -0.390 e. The molecule has 0 aromatic rings. The summed E-state index contributed by atoms with van der Waals surface area (Å²) in [5, 5.41) is 13.5. The fraction of sp³-hybridized carbons (Fsp3) is 1.00. The van der Waals surface area contributed by atoms with Gasteiger partial charge in [0.25, 0.3) is 0 Å². The van der Waals surface area contributed by atoms with Gasteiger partial charge in [-0.25, -0.2) is 0 Å². The molecule has 1 rings (SSSR count). The van der Waals surface area contributed by atoms with Gasteiger partial charge in [-0.3, -0.25) is 0 Å². The Balaban J connectivity index is 2.15. The predicted molar refractivity (Wildman–Crippen MR) is 73.2 cm³/mol. The Morgan fingerprint density at radius 1 is 1.18 bits per heavy atom. The zero-order valence-corrected chi connectivity index (χ0v) is 11.8. The van der Waals surface area contributed by atoms with Crippen LogP contribution < -0.4 is 5.32 Å². The van der Waals surface area contributed by atoms with Crippen molar-refractivity contribution in [2.24, 2.45) is 5.92 Å². The molecule has 1 heterocycles. The molecule has 0 aromatic heterocycles. The maximum absolute atomic E-state index is 9.98. The van der Waals surface area contributed by atoms with Crippen molar-refractivity contribution in [2.45, 2.75) is 58.6 Å². The number of hydrogen-bond donors (Lipinski definition) is 2. The van der Waals surface area contributed by atoms with Gasteiger partial charge in [-0.2, -0.15) is 0 Å². The highest BCUT2D eigenvalue weighted by atomic mass is 16.3. The monoisotopic (exact) mass is 242 g/mol. The highest BCUT2D eigenvalue weighted by Gasteiger charge is 2.17. The molecule has 1 saturated heterocycles. The van der Waals surface area contributed by atoms with Crippen molar-refractivity contribution >= 4 is 0 Å². The number of β-amino-alcohol motifs (C(OH)–C–C–N with tert-alkyl or cyclic N) is 1. The Kier molecular flexibility index (Phi) is 7.09. The van der Waals surface area contributed by atoms with Crippen molar-refractivity contribution in [3.8, 4) is 0 Å². The van der Waals surface area contributed by atoms with Crippen LogP contribution >= 0.6 is 0 Å². The Morgan fingerprint density at radius 2 is 1.76 bits per heavy atom. The Bertz CT molecular complexity index is 189. The first-order valence-electron chi connectivity index (χ1n) is 7.31. The molecule has 2 atom stereocenters. The Labute approximate surface area is 107 Å². The molecule has 0 aromatic carbocycles. The van der Waals surface area contributed by atoms with Crippen molar-refractivity contribution in [1.29, 1.82) is 0 Å². The molecular weight excluding hydrogens is 212 g/mol. The van der Waals surface area contributed by atoms with Crippen LogP contribution in [0.25, 0.3) is 0 Å². The Morgan fingerprint density at radius 3 is 2.29 bits per heavy atom. The molecule has 2 N–H and O–H groups in total. The lowest BCUT2D eigenvalue weighted by atomic mass is 9.95. The van der Waals surface area contributed by atoms with E-state index in [0.717, 1.165) is 19.0 Å². The molecule has 3 nitrogen and oxygen atoms in total. The van der Waals surface area contributed by atoms with Crippen molar-refractivity contribution in [1.82, 2.24) is 10.2 Å². The van der Waals surface area contributed by atoms with E-state index in [2.05, 4.69) is 31.0 Å². The van der Waals surface area contributed by atoms with E-state index in [9.17, 15) is 5.11 Å². The number of hydrogen-bond acceptors (Lipinski definition) is 3. The maximum atomic E-state index is 9.98. The molecule has 0 amide bonds. The molecule has 0 aliphatic carbocycles. The first-order valence-corrected chi connectivity index (χ1v) is 7.31. The highest BCUT2D eigenvalue weighted by Crippen LogP contribution is 2.12. The van der Waals surface area contributed by atoms with E-state index in [1.54, 1.807) is 0 Å². The van der Waals surface area contributed by atoms with E-state index >= 15 is 0 Å². The molecule has 1 fully saturated rings. The van der Waals surface area contributed by atoms with Gasteiger partial charge in [0.15, 0.2) is 0 Å². The number of likely N-dealkylation sites (tertiary alicyclic amines) is 1. The first-order chi connectivity index (χ1) is 8.17. The lowest BCUT2D eigenvalue weighted by molar-refractivity contribution is 0.118. The summed E-state index contributed by atoms with van der Waals surface area (Å²) in [6.07, 6.45) is 4.80. The van der Waals surface area contributed by atoms with Gasteiger partial charge < -0.3 is 15.3 Å². The summed E-state index contributed by atoms with van der Waals surface area (Å²) in [7, 11) is 0. The van der Waals surface area contributed by atoms with Gasteiger partial charge in [-0.1, -0.05) is 26.7 Å². The molecule has 0 radical (unpaired) electrons. The van der Waals surface area contributed by atoms with Gasteiger partial charge in [0.05, 0.1) is 6.10 Å². The van der Waals surface area contributed by atoms with Crippen LogP contribution in [0, 0.1) is 5.92 Å². The van der Waals surface area contributed by atoms with Crippen LogP contribution in [0.5, 0.6) is 0 Å². The SMILES string of the molecule is CCC(CC)C(C)NCC(O)CN1CCCC1. The normalized spacial score (nSPS) is 21.0. The molecule has 0 saturated carbocycles. The second-order valence-electron chi connectivity index (χ2n) is 5.44. The summed E-state index contributed by atoms with van der Waals surface area (Å²) < 4.78 is 0. The molecule has 3 heteroatoms. The molecule has 0 bridgehead atoms. The fourth-order valence-corrected chi connectivity index (χ4v) is 2.81. The van der Waals surface area contributed by atoms with Crippen LogP contribution in [-0.2, 0) is 0 Å². The van der Waals surface area contributed by atoms with E-state index in [1.807, 2.05) is 0 Å². The molecule has 2 unspecified atom stereocenters. The zero-order chi connectivity index (χ0) is 12.7. The molecule has 1 aliphatic rings. The third-order valence-electron chi connectivity index (χ3n) is 4.10. The number of aliphatic hydroxyl groups excluding tert-OH is 1. The van der Waals surface area contributed by atoms with Gasteiger partial charge in [0, 0.05) is 19.1 Å². The summed E-state index contributed by atoms with van der Waals surface area (Å²) in [6, 6.07) is 0.512. The second kappa shape index (κ2) is 8.06. The van der Waals surface area contributed by atoms with E-state index in [0.29, 0.717) is 6.04 Å². The summed E-state index contributed by atoms with van der Waals surface area (Å²) in [4.78, 5) is 2.37. The third kappa shape index (κ3) is 5.36. The zero-order valence-electron chi connectivity index (χ0n) is 11.8. The fourth-order valence-electron chi connectivity index (χ4n) is 2.81. The minimum absolute atomic E-state index is 0.218. The summed E-state index contributed by atoms with van der Waals surface area (Å²) in [5.74, 6) is 0.731. The lowest BCUT2D eigenvalue weighted by Gasteiger charge is -2.25. The Hall–Kier alpha value is -0.120. The molecule has 1 aliphatic heterocycles. The van der Waals surface area contributed by atoms with Gasteiger partial charge in [-0.15, -0.1) is 0 Å². The number of nitrogens with one attached hydrogen (secondary N) is 1. The largest absolute Gasteiger partial charge is 0.390 e. The topological polar surface area (TPSA) is 35.5 Å². The van der Waals surface area contributed by atoms with Crippen molar-refractivity contribution in [2.75, 3.05) is 26.2 Å². The minimum atomic E-state index is -0.218. The van der Waals surface area contributed by atoms with Crippen LogP contribution in [0.4, 0.5) is 0 Å². The predicted octanol–water partition coefficient (Wildman–Crippen LogP) is 1.86. The standard InChI is InChI=1S/C14H30N2O/c1-4-13(5-2)12(3)15-10-14(17)11-16-8-6-7-9-16/h12-15,17H,4-11H2,1-3H3. The van der Waals surface area contributed by atoms with E-state index in [1.165, 1.54) is 38.8 Å². The maximum Gasteiger partial charge on any atom is 0.0791 e. The molecule has 102 valence electrons. The van der Waals surface area contributed by atoms with Gasteiger partial charge in [0.1, 0.15) is 0 Å².